The fourth-order valence-corrected chi connectivity index (χ4v) is 4.40. The van der Waals surface area contributed by atoms with E-state index in [1.165, 1.54) is 7.11 Å². The van der Waals surface area contributed by atoms with Gasteiger partial charge in [-0.2, -0.15) is 0 Å². The first-order valence-electron chi connectivity index (χ1n) is 11.5. The predicted molar refractivity (Wildman–Crippen MR) is 132 cm³/mol. The van der Waals surface area contributed by atoms with Gasteiger partial charge in [-0.3, -0.25) is 4.79 Å². The molecule has 0 N–H and O–H groups in total. The second-order valence-corrected chi connectivity index (χ2v) is 8.29. The van der Waals surface area contributed by atoms with Gasteiger partial charge in [-0.15, -0.1) is 0 Å². The minimum absolute atomic E-state index is 0.126. The Morgan fingerprint density at radius 3 is 2.03 bits per heavy atom. The van der Waals surface area contributed by atoms with Gasteiger partial charge >= 0.3 is 5.97 Å². The number of carbonyl (C=O) groups excluding carboxylic acids is 2. The van der Waals surface area contributed by atoms with Crippen LogP contribution in [0.15, 0.2) is 97.1 Å². The first-order valence-corrected chi connectivity index (χ1v) is 11.5. The van der Waals surface area contributed by atoms with Gasteiger partial charge in [0.25, 0.3) is 0 Å². The van der Waals surface area contributed by atoms with Crippen molar-refractivity contribution in [3.8, 4) is 0 Å². The third kappa shape index (κ3) is 5.61. The van der Waals surface area contributed by atoms with Gasteiger partial charge in [0.05, 0.1) is 25.7 Å². The van der Waals surface area contributed by atoms with Crippen molar-refractivity contribution < 1.29 is 19.1 Å². The Hall–Kier alpha value is -3.70. The van der Waals surface area contributed by atoms with Gasteiger partial charge in [-0.25, -0.2) is 4.79 Å². The molecule has 1 fully saturated rings. The molecular formula is C29H29NO4. The van der Waals surface area contributed by atoms with Crippen molar-refractivity contribution in [3.63, 3.8) is 0 Å². The van der Waals surface area contributed by atoms with Crippen molar-refractivity contribution >= 4 is 18.0 Å². The minimum atomic E-state index is -0.671. The Kier molecular flexibility index (Phi) is 7.89. The van der Waals surface area contributed by atoms with E-state index in [1.54, 1.807) is 4.90 Å². The highest BCUT2D eigenvalue weighted by atomic mass is 16.5. The molecular weight excluding hydrogens is 426 g/mol. The Labute approximate surface area is 200 Å². The van der Waals surface area contributed by atoms with Crippen LogP contribution in [0, 0.1) is 0 Å². The van der Waals surface area contributed by atoms with Gasteiger partial charge in [0.15, 0.2) is 0 Å². The standard InChI is InChI=1S/C29H29NO4/c1-33-29(32)26-20-25(34-19-11-14-22-12-5-2-6-13-22)21-30(26)28(31)27(23-15-7-3-8-16-23)24-17-9-4-10-18-24/h2-18,25-27H,19-21H2,1H3/b14-11-/t25-,26?/m0/s1. The van der Waals surface area contributed by atoms with E-state index in [2.05, 4.69) is 0 Å². The Morgan fingerprint density at radius 1 is 0.912 bits per heavy atom. The van der Waals surface area contributed by atoms with Gasteiger partial charge in [0, 0.05) is 13.0 Å². The maximum Gasteiger partial charge on any atom is 0.328 e. The van der Waals surface area contributed by atoms with Crippen LogP contribution >= 0.6 is 0 Å². The summed E-state index contributed by atoms with van der Waals surface area (Å²) in [5, 5.41) is 0. The molecule has 1 amide bonds. The van der Waals surface area contributed by atoms with Crippen LogP contribution < -0.4 is 0 Å². The zero-order valence-electron chi connectivity index (χ0n) is 19.2. The number of benzene rings is 3. The highest BCUT2D eigenvalue weighted by Gasteiger charge is 2.43. The van der Waals surface area contributed by atoms with Crippen molar-refractivity contribution in [2.24, 2.45) is 0 Å². The van der Waals surface area contributed by atoms with Gasteiger partial charge in [-0.05, 0) is 16.7 Å². The summed E-state index contributed by atoms with van der Waals surface area (Å²) >= 11 is 0. The average Bonchev–Trinajstić information content (AvgIpc) is 3.32. The number of esters is 1. The summed E-state index contributed by atoms with van der Waals surface area (Å²) in [6, 6.07) is 28.6. The molecule has 0 spiro atoms. The predicted octanol–water partition coefficient (Wildman–Crippen LogP) is 4.69. The lowest BCUT2D eigenvalue weighted by Gasteiger charge is -2.28. The number of hydrogen-bond acceptors (Lipinski definition) is 4. The lowest BCUT2D eigenvalue weighted by Crippen LogP contribution is -2.43. The molecule has 5 nitrogen and oxygen atoms in total. The van der Waals surface area contributed by atoms with Crippen LogP contribution in [0.25, 0.3) is 6.08 Å². The number of rotatable bonds is 8. The van der Waals surface area contributed by atoms with Crippen molar-refractivity contribution in [2.75, 3.05) is 20.3 Å². The number of ether oxygens (including phenoxy) is 2. The fraction of sp³-hybridized carbons (Fsp3) is 0.241. The van der Waals surface area contributed by atoms with Crippen LogP contribution in [0.5, 0.6) is 0 Å². The summed E-state index contributed by atoms with van der Waals surface area (Å²) in [7, 11) is 1.35. The maximum atomic E-state index is 13.9. The quantitative estimate of drug-likeness (QED) is 0.463. The van der Waals surface area contributed by atoms with E-state index < -0.39 is 17.9 Å². The molecule has 0 bridgehead atoms. The number of nitrogens with zero attached hydrogens (tertiary/aromatic N) is 1. The second kappa shape index (κ2) is 11.4. The van der Waals surface area contributed by atoms with E-state index in [0.717, 1.165) is 16.7 Å². The molecule has 34 heavy (non-hydrogen) atoms. The van der Waals surface area contributed by atoms with E-state index in [1.807, 2.05) is 103 Å². The molecule has 3 aromatic rings. The number of amides is 1. The minimum Gasteiger partial charge on any atom is -0.467 e. The second-order valence-electron chi connectivity index (χ2n) is 8.29. The van der Waals surface area contributed by atoms with Gasteiger partial charge in [0.1, 0.15) is 6.04 Å². The van der Waals surface area contributed by atoms with E-state index in [9.17, 15) is 9.59 Å². The van der Waals surface area contributed by atoms with E-state index in [-0.39, 0.29) is 12.0 Å². The summed E-state index contributed by atoms with van der Waals surface area (Å²) in [4.78, 5) is 28.1. The van der Waals surface area contributed by atoms with Crippen LogP contribution in [-0.2, 0) is 19.1 Å². The molecule has 0 aliphatic carbocycles. The molecule has 1 aliphatic heterocycles. The Morgan fingerprint density at radius 2 is 1.47 bits per heavy atom. The molecule has 1 heterocycles. The monoisotopic (exact) mass is 455 g/mol. The fourth-order valence-electron chi connectivity index (χ4n) is 4.40. The van der Waals surface area contributed by atoms with Gasteiger partial charge < -0.3 is 14.4 Å². The number of methoxy groups -OCH3 is 1. The van der Waals surface area contributed by atoms with Crippen molar-refractivity contribution in [3.05, 3.63) is 114 Å². The molecule has 0 saturated carbocycles. The molecule has 174 valence electrons. The van der Waals surface area contributed by atoms with Crippen molar-refractivity contribution in [2.45, 2.75) is 24.5 Å². The van der Waals surface area contributed by atoms with Crippen LogP contribution in [0.1, 0.15) is 29.0 Å². The summed E-state index contributed by atoms with van der Waals surface area (Å²) in [6.07, 6.45) is 4.11. The van der Waals surface area contributed by atoms with Crippen LogP contribution in [0.4, 0.5) is 0 Å². The lowest BCUT2D eigenvalue weighted by molar-refractivity contribution is -0.151. The van der Waals surface area contributed by atoms with Crippen LogP contribution in [-0.4, -0.2) is 49.2 Å². The summed E-state index contributed by atoms with van der Waals surface area (Å²) in [5.74, 6) is -1.05. The van der Waals surface area contributed by atoms with Gasteiger partial charge in [-0.1, -0.05) is 103 Å². The smallest absolute Gasteiger partial charge is 0.328 e. The zero-order chi connectivity index (χ0) is 23.8. The number of hydrogen-bond donors (Lipinski definition) is 0. The topological polar surface area (TPSA) is 55.8 Å². The molecule has 1 aliphatic rings. The molecule has 4 rings (SSSR count). The van der Waals surface area contributed by atoms with Crippen LogP contribution in [0.2, 0.25) is 0 Å². The first kappa shape index (κ1) is 23.5. The average molecular weight is 456 g/mol. The SMILES string of the molecule is COC(=O)C1C[C@H](OC/C=C\c2ccccc2)CN1C(=O)C(c1ccccc1)c1ccccc1. The highest BCUT2D eigenvalue weighted by Crippen LogP contribution is 2.31. The lowest BCUT2D eigenvalue weighted by atomic mass is 9.90. The molecule has 3 aromatic carbocycles. The Balaban J connectivity index is 1.52. The largest absolute Gasteiger partial charge is 0.467 e. The molecule has 1 unspecified atom stereocenters. The normalized spacial score (nSPS) is 17.9. The van der Waals surface area contributed by atoms with E-state index in [4.69, 9.17) is 9.47 Å². The molecule has 0 aromatic heterocycles. The third-order valence-corrected chi connectivity index (χ3v) is 6.07. The van der Waals surface area contributed by atoms with Crippen LogP contribution in [0.3, 0.4) is 0 Å². The zero-order valence-corrected chi connectivity index (χ0v) is 19.2. The molecule has 5 heteroatoms. The third-order valence-electron chi connectivity index (χ3n) is 6.07. The van der Waals surface area contributed by atoms with Crippen molar-refractivity contribution in [1.29, 1.82) is 0 Å². The number of carbonyl (C=O) groups is 2. The summed E-state index contributed by atoms with van der Waals surface area (Å²) < 4.78 is 11.1. The van der Waals surface area contributed by atoms with E-state index >= 15 is 0 Å². The van der Waals surface area contributed by atoms with E-state index in [0.29, 0.717) is 19.6 Å². The maximum absolute atomic E-state index is 13.9. The molecule has 0 radical (unpaired) electrons. The highest BCUT2D eigenvalue weighted by molar-refractivity contribution is 5.91. The molecule has 2 atom stereocenters. The summed E-state index contributed by atoms with van der Waals surface area (Å²) in [6.45, 7) is 0.740. The molecule has 1 saturated heterocycles. The Bertz CT molecular complexity index is 1060. The first-order chi connectivity index (χ1) is 16.7. The van der Waals surface area contributed by atoms with Gasteiger partial charge in [0.2, 0.25) is 5.91 Å². The summed E-state index contributed by atoms with van der Waals surface area (Å²) in [5.41, 5.74) is 2.87. The van der Waals surface area contributed by atoms with Crippen molar-refractivity contribution in [1.82, 2.24) is 4.90 Å². The number of likely N-dealkylation sites (tertiary alicyclic amines) is 1.